The lowest BCUT2D eigenvalue weighted by atomic mass is 10.1. The van der Waals surface area contributed by atoms with Crippen LogP contribution in [-0.4, -0.2) is 0 Å². The van der Waals surface area contributed by atoms with E-state index in [-0.39, 0.29) is 0 Å². The Morgan fingerprint density at radius 2 is 1.86 bits per heavy atom. The fourth-order valence-electron chi connectivity index (χ4n) is 2.82. The second-order valence-electron chi connectivity index (χ2n) is 5.53. The average Bonchev–Trinajstić information content (AvgIpc) is 2.84. The Labute approximate surface area is 125 Å². The molecule has 108 valence electrons. The van der Waals surface area contributed by atoms with E-state index < -0.39 is 0 Å². The Kier molecular flexibility index (Phi) is 3.70. The van der Waals surface area contributed by atoms with E-state index >= 15 is 0 Å². The lowest BCUT2D eigenvalue weighted by Crippen LogP contribution is -2.02. The molecule has 0 amide bonds. The van der Waals surface area contributed by atoms with Gasteiger partial charge >= 0.3 is 0 Å². The van der Waals surface area contributed by atoms with Crippen LogP contribution in [0.1, 0.15) is 29.4 Å². The molecule has 0 saturated heterocycles. The van der Waals surface area contributed by atoms with Gasteiger partial charge in [0.15, 0.2) is 0 Å². The summed E-state index contributed by atoms with van der Waals surface area (Å²) in [7, 11) is 0. The van der Waals surface area contributed by atoms with Gasteiger partial charge < -0.3 is 9.73 Å². The highest BCUT2D eigenvalue weighted by Gasteiger charge is 2.12. The highest BCUT2D eigenvalue weighted by atomic mass is 16.3. The molecule has 2 heteroatoms. The van der Waals surface area contributed by atoms with Gasteiger partial charge in [-0.3, -0.25) is 0 Å². The number of benzene rings is 2. The normalized spacial score (nSPS) is 11.0. The average molecular weight is 279 g/mol. The maximum Gasteiger partial charge on any atom is 0.134 e. The van der Waals surface area contributed by atoms with Crippen molar-refractivity contribution < 1.29 is 4.42 Å². The predicted octanol–water partition coefficient (Wildman–Crippen LogP) is 5.22. The zero-order chi connectivity index (χ0) is 14.8. The van der Waals surface area contributed by atoms with Crippen LogP contribution in [0, 0.1) is 13.8 Å². The number of aryl methyl sites for hydroxylation is 3. The number of furan rings is 1. The number of hydrogen-bond donors (Lipinski definition) is 1. The van der Waals surface area contributed by atoms with Crippen LogP contribution in [0.15, 0.2) is 46.9 Å². The van der Waals surface area contributed by atoms with E-state index in [1.807, 2.05) is 12.1 Å². The predicted molar refractivity (Wildman–Crippen MR) is 88.8 cm³/mol. The fourth-order valence-corrected chi connectivity index (χ4v) is 2.82. The first kappa shape index (κ1) is 13.7. The minimum atomic E-state index is 0.796. The van der Waals surface area contributed by atoms with Crippen LogP contribution in [-0.2, 0) is 13.0 Å². The Morgan fingerprint density at radius 1 is 1.05 bits per heavy atom. The molecule has 1 N–H and O–H groups in total. The third kappa shape index (κ3) is 2.66. The first-order chi connectivity index (χ1) is 10.2. The zero-order valence-corrected chi connectivity index (χ0v) is 12.9. The summed E-state index contributed by atoms with van der Waals surface area (Å²) in [5, 5.41) is 4.76. The van der Waals surface area contributed by atoms with Gasteiger partial charge in [-0.25, -0.2) is 0 Å². The maximum absolute atomic E-state index is 5.95. The van der Waals surface area contributed by atoms with Crippen molar-refractivity contribution in [2.75, 3.05) is 5.32 Å². The molecule has 0 spiro atoms. The number of rotatable bonds is 4. The van der Waals surface area contributed by atoms with Crippen LogP contribution in [0.3, 0.4) is 0 Å². The third-order valence-corrected chi connectivity index (χ3v) is 3.94. The van der Waals surface area contributed by atoms with E-state index in [0.717, 1.165) is 24.3 Å². The highest BCUT2D eigenvalue weighted by Crippen LogP contribution is 2.27. The maximum atomic E-state index is 5.95. The summed E-state index contributed by atoms with van der Waals surface area (Å²) in [6.45, 7) is 7.20. The molecule has 2 aromatic carbocycles. The fraction of sp³-hybridized carbons (Fsp3) is 0.263. The van der Waals surface area contributed by atoms with Crippen molar-refractivity contribution in [3.05, 3.63) is 64.9 Å². The molecule has 21 heavy (non-hydrogen) atoms. The van der Waals surface area contributed by atoms with Crippen LogP contribution < -0.4 is 5.32 Å². The number of anilines is 1. The standard InChI is InChI=1S/C19H21NO/c1-4-18-16(15-7-5-6-8-19(15)21-18)12-20-17-10-9-13(2)11-14(17)3/h5-11,20H,4,12H2,1-3H3. The zero-order valence-electron chi connectivity index (χ0n) is 12.9. The van der Waals surface area contributed by atoms with Crippen molar-refractivity contribution in [3.8, 4) is 0 Å². The topological polar surface area (TPSA) is 25.2 Å². The smallest absolute Gasteiger partial charge is 0.134 e. The summed E-state index contributed by atoms with van der Waals surface area (Å²) < 4.78 is 5.95. The van der Waals surface area contributed by atoms with Gasteiger partial charge in [-0.1, -0.05) is 42.8 Å². The van der Waals surface area contributed by atoms with Gasteiger partial charge in [0.05, 0.1) is 0 Å². The molecule has 0 aliphatic rings. The van der Waals surface area contributed by atoms with Crippen molar-refractivity contribution in [3.63, 3.8) is 0 Å². The van der Waals surface area contributed by atoms with E-state index in [2.05, 4.69) is 56.4 Å². The number of nitrogens with one attached hydrogen (secondary N) is 1. The second-order valence-corrected chi connectivity index (χ2v) is 5.53. The lowest BCUT2D eigenvalue weighted by molar-refractivity contribution is 0.551. The SMILES string of the molecule is CCc1oc2ccccc2c1CNc1ccc(C)cc1C. The van der Waals surface area contributed by atoms with Crippen LogP contribution in [0.25, 0.3) is 11.0 Å². The molecule has 0 bridgehead atoms. The van der Waals surface area contributed by atoms with E-state index in [4.69, 9.17) is 4.42 Å². The van der Waals surface area contributed by atoms with E-state index in [0.29, 0.717) is 0 Å². The molecule has 3 aromatic rings. The minimum Gasteiger partial charge on any atom is -0.461 e. The van der Waals surface area contributed by atoms with Crippen LogP contribution in [0.5, 0.6) is 0 Å². The Hall–Kier alpha value is -2.22. The Bertz CT molecular complexity index is 770. The quantitative estimate of drug-likeness (QED) is 0.708. The summed E-state index contributed by atoms with van der Waals surface area (Å²) in [5.74, 6) is 1.08. The molecule has 1 heterocycles. The molecule has 0 aliphatic heterocycles. The Morgan fingerprint density at radius 3 is 2.62 bits per heavy atom. The number of fused-ring (bicyclic) bond motifs is 1. The first-order valence-electron chi connectivity index (χ1n) is 7.49. The molecule has 0 unspecified atom stereocenters. The summed E-state index contributed by atoms with van der Waals surface area (Å²) in [5.41, 5.74) is 6.01. The third-order valence-electron chi connectivity index (χ3n) is 3.94. The van der Waals surface area contributed by atoms with Crippen LogP contribution in [0.2, 0.25) is 0 Å². The molecule has 0 atom stereocenters. The van der Waals surface area contributed by atoms with Crippen LogP contribution >= 0.6 is 0 Å². The Balaban J connectivity index is 1.91. The van der Waals surface area contributed by atoms with Gasteiger partial charge in [0, 0.05) is 29.6 Å². The van der Waals surface area contributed by atoms with Gasteiger partial charge in [-0.05, 0) is 31.5 Å². The molecule has 1 aromatic heterocycles. The second kappa shape index (κ2) is 5.65. The van der Waals surface area contributed by atoms with Gasteiger partial charge in [0.25, 0.3) is 0 Å². The van der Waals surface area contributed by atoms with Gasteiger partial charge in [-0.15, -0.1) is 0 Å². The largest absolute Gasteiger partial charge is 0.461 e. The first-order valence-corrected chi connectivity index (χ1v) is 7.49. The summed E-state index contributed by atoms with van der Waals surface area (Å²) in [4.78, 5) is 0. The number of para-hydroxylation sites is 1. The van der Waals surface area contributed by atoms with E-state index in [9.17, 15) is 0 Å². The van der Waals surface area contributed by atoms with E-state index in [1.165, 1.54) is 27.8 Å². The molecular formula is C19H21NO. The van der Waals surface area contributed by atoms with Crippen molar-refractivity contribution in [1.82, 2.24) is 0 Å². The monoisotopic (exact) mass is 279 g/mol. The molecule has 0 fully saturated rings. The molecule has 2 nitrogen and oxygen atoms in total. The summed E-state index contributed by atoms with van der Waals surface area (Å²) >= 11 is 0. The van der Waals surface area contributed by atoms with Gasteiger partial charge in [0.2, 0.25) is 0 Å². The summed E-state index contributed by atoms with van der Waals surface area (Å²) in [6.07, 6.45) is 0.915. The highest BCUT2D eigenvalue weighted by molar-refractivity contribution is 5.82. The molecule has 3 rings (SSSR count). The molecule has 0 radical (unpaired) electrons. The van der Waals surface area contributed by atoms with Gasteiger partial charge in [-0.2, -0.15) is 0 Å². The van der Waals surface area contributed by atoms with Crippen molar-refractivity contribution in [2.45, 2.75) is 33.7 Å². The molecular weight excluding hydrogens is 258 g/mol. The van der Waals surface area contributed by atoms with E-state index in [1.54, 1.807) is 0 Å². The molecule has 0 saturated carbocycles. The minimum absolute atomic E-state index is 0.796. The lowest BCUT2D eigenvalue weighted by Gasteiger charge is -2.10. The van der Waals surface area contributed by atoms with Gasteiger partial charge in [0.1, 0.15) is 11.3 Å². The summed E-state index contributed by atoms with van der Waals surface area (Å²) in [6, 6.07) is 14.8. The van der Waals surface area contributed by atoms with Crippen LogP contribution in [0.4, 0.5) is 5.69 Å². The van der Waals surface area contributed by atoms with Crippen molar-refractivity contribution in [1.29, 1.82) is 0 Å². The van der Waals surface area contributed by atoms with Crippen molar-refractivity contribution in [2.24, 2.45) is 0 Å². The molecule has 0 aliphatic carbocycles. The van der Waals surface area contributed by atoms with Crippen molar-refractivity contribution >= 4 is 16.7 Å². The number of hydrogen-bond acceptors (Lipinski definition) is 2.